The minimum Gasteiger partial charge on any atom is -0.381 e. The van der Waals surface area contributed by atoms with E-state index in [0.717, 1.165) is 50.9 Å². The number of benzene rings is 1. The van der Waals surface area contributed by atoms with Crippen LogP contribution >= 0.6 is 11.8 Å². The molecule has 0 amide bonds. The van der Waals surface area contributed by atoms with Crippen molar-refractivity contribution in [2.45, 2.75) is 44.9 Å². The molecule has 0 bridgehead atoms. The Balaban J connectivity index is 1.97. The summed E-state index contributed by atoms with van der Waals surface area (Å²) in [6.07, 6.45) is 2.21. The molecule has 4 nitrogen and oxygen atoms in total. The van der Waals surface area contributed by atoms with Gasteiger partial charge in [0.1, 0.15) is 0 Å². The van der Waals surface area contributed by atoms with Crippen molar-refractivity contribution in [1.29, 1.82) is 0 Å². The average molecular weight is 350 g/mol. The quantitative estimate of drug-likeness (QED) is 0.585. The van der Waals surface area contributed by atoms with Gasteiger partial charge in [0.15, 0.2) is 5.96 Å². The summed E-state index contributed by atoms with van der Waals surface area (Å²) in [6.45, 7) is 10.7. The molecule has 0 unspecified atom stereocenters. The van der Waals surface area contributed by atoms with E-state index in [0.29, 0.717) is 6.54 Å². The fourth-order valence-corrected chi connectivity index (χ4v) is 4.23. The fraction of sp³-hybridized carbons (Fsp3) is 0.632. The molecule has 1 heterocycles. The van der Waals surface area contributed by atoms with Crippen molar-refractivity contribution < 1.29 is 4.74 Å². The highest BCUT2D eigenvalue weighted by Crippen LogP contribution is 2.34. The average Bonchev–Trinajstić information content (AvgIpc) is 2.59. The molecular weight excluding hydrogens is 318 g/mol. The Morgan fingerprint density at radius 1 is 1.25 bits per heavy atom. The first-order chi connectivity index (χ1) is 11.7. The molecule has 1 fully saturated rings. The smallest absolute Gasteiger partial charge is 0.191 e. The lowest BCUT2D eigenvalue weighted by Gasteiger charge is -2.37. The fourth-order valence-electron chi connectivity index (χ4n) is 2.99. The van der Waals surface area contributed by atoms with Crippen LogP contribution in [0.1, 0.15) is 37.8 Å². The first kappa shape index (κ1) is 19.1. The topological polar surface area (TPSA) is 45.7 Å². The lowest BCUT2D eigenvalue weighted by Crippen LogP contribution is -2.48. The van der Waals surface area contributed by atoms with E-state index in [1.54, 1.807) is 0 Å². The third-order valence-corrected chi connectivity index (χ3v) is 5.73. The van der Waals surface area contributed by atoms with E-state index in [1.807, 2.05) is 0 Å². The predicted octanol–water partition coefficient (Wildman–Crippen LogP) is 3.35. The van der Waals surface area contributed by atoms with Crippen LogP contribution < -0.4 is 10.6 Å². The minimum atomic E-state index is 0.270. The summed E-state index contributed by atoms with van der Waals surface area (Å²) < 4.78 is 5.83. The van der Waals surface area contributed by atoms with E-state index < -0.39 is 0 Å². The molecule has 0 radical (unpaired) electrons. The summed E-state index contributed by atoms with van der Waals surface area (Å²) >= 11 is 2.05. The van der Waals surface area contributed by atoms with Gasteiger partial charge in [-0.25, -0.2) is 4.99 Å². The Morgan fingerprint density at radius 2 is 2.04 bits per heavy atom. The van der Waals surface area contributed by atoms with Crippen LogP contribution in [0.15, 0.2) is 29.3 Å². The number of aryl methyl sites for hydroxylation is 1. The van der Waals surface area contributed by atoms with Gasteiger partial charge >= 0.3 is 0 Å². The highest BCUT2D eigenvalue weighted by Gasteiger charge is 2.32. The molecule has 134 valence electrons. The molecule has 2 rings (SSSR count). The van der Waals surface area contributed by atoms with E-state index in [-0.39, 0.29) is 4.75 Å². The second kappa shape index (κ2) is 9.94. The van der Waals surface area contributed by atoms with Gasteiger partial charge in [0.25, 0.3) is 0 Å². The van der Waals surface area contributed by atoms with Crippen LogP contribution in [0.4, 0.5) is 0 Å². The molecule has 1 aromatic rings. The first-order valence-corrected chi connectivity index (χ1v) is 9.95. The largest absolute Gasteiger partial charge is 0.381 e. The standard InChI is InChI=1S/C19H31N3OS/c1-4-20-18(21-14-17-8-6-7-16(3)13-17)22-15-19(24-5-2)9-11-23-12-10-19/h6-8,13H,4-5,9-12,14-15H2,1-3H3,(H2,20,21,22). The number of guanidine groups is 1. The molecule has 2 N–H and O–H groups in total. The molecule has 1 aromatic carbocycles. The third-order valence-electron chi connectivity index (χ3n) is 4.28. The Morgan fingerprint density at radius 3 is 2.71 bits per heavy atom. The van der Waals surface area contributed by atoms with Gasteiger partial charge in [-0.15, -0.1) is 0 Å². The van der Waals surface area contributed by atoms with Gasteiger partial charge in [0.2, 0.25) is 0 Å². The zero-order valence-electron chi connectivity index (χ0n) is 15.2. The Hall–Kier alpha value is -1.20. The molecule has 1 saturated heterocycles. The number of ether oxygens (including phenoxy) is 1. The van der Waals surface area contributed by atoms with Crippen molar-refractivity contribution in [2.75, 3.05) is 32.1 Å². The van der Waals surface area contributed by atoms with Crippen molar-refractivity contribution in [2.24, 2.45) is 4.99 Å². The van der Waals surface area contributed by atoms with E-state index in [9.17, 15) is 0 Å². The first-order valence-electron chi connectivity index (χ1n) is 8.97. The number of thioether (sulfide) groups is 1. The molecule has 0 aromatic heterocycles. The molecular formula is C19H31N3OS. The number of hydrogen-bond acceptors (Lipinski definition) is 3. The molecule has 5 heteroatoms. The van der Waals surface area contributed by atoms with Gasteiger partial charge < -0.3 is 15.4 Å². The van der Waals surface area contributed by atoms with Crippen LogP contribution in [-0.4, -0.2) is 42.8 Å². The molecule has 1 aliphatic rings. The number of rotatable bonds is 7. The van der Waals surface area contributed by atoms with Gasteiger partial charge in [-0.1, -0.05) is 36.8 Å². The highest BCUT2D eigenvalue weighted by atomic mass is 32.2. The van der Waals surface area contributed by atoms with Crippen molar-refractivity contribution >= 4 is 17.7 Å². The van der Waals surface area contributed by atoms with Gasteiger partial charge in [0.05, 0.1) is 6.54 Å². The SMILES string of the molecule is CCNC(=NCc1cccc(C)c1)NCC1(SCC)CCOCC1. The molecule has 0 spiro atoms. The van der Waals surface area contributed by atoms with Crippen LogP contribution in [0.3, 0.4) is 0 Å². The van der Waals surface area contributed by atoms with E-state index >= 15 is 0 Å². The maximum atomic E-state index is 5.55. The van der Waals surface area contributed by atoms with Gasteiger partial charge in [-0.2, -0.15) is 11.8 Å². The van der Waals surface area contributed by atoms with Crippen LogP contribution in [0, 0.1) is 6.92 Å². The molecule has 1 aliphatic heterocycles. The monoisotopic (exact) mass is 349 g/mol. The van der Waals surface area contributed by atoms with Gasteiger partial charge in [0, 0.05) is 31.1 Å². The van der Waals surface area contributed by atoms with Crippen LogP contribution in [0.5, 0.6) is 0 Å². The third kappa shape index (κ3) is 6.02. The summed E-state index contributed by atoms with van der Waals surface area (Å²) in [7, 11) is 0. The van der Waals surface area contributed by atoms with E-state index in [4.69, 9.17) is 9.73 Å². The maximum Gasteiger partial charge on any atom is 0.191 e. The predicted molar refractivity (Wildman–Crippen MR) is 105 cm³/mol. The summed E-state index contributed by atoms with van der Waals surface area (Å²) in [6, 6.07) is 8.54. The zero-order chi connectivity index (χ0) is 17.3. The molecule has 0 saturated carbocycles. The van der Waals surface area contributed by atoms with Crippen molar-refractivity contribution in [3.05, 3.63) is 35.4 Å². The lowest BCUT2D eigenvalue weighted by atomic mass is 9.99. The number of nitrogens with zero attached hydrogens (tertiary/aromatic N) is 1. The number of nitrogens with one attached hydrogen (secondary N) is 2. The van der Waals surface area contributed by atoms with Crippen LogP contribution in [0.2, 0.25) is 0 Å². The number of hydrogen-bond donors (Lipinski definition) is 2. The molecule has 0 atom stereocenters. The van der Waals surface area contributed by atoms with E-state index in [2.05, 4.69) is 67.4 Å². The second-order valence-electron chi connectivity index (χ2n) is 6.27. The summed E-state index contributed by atoms with van der Waals surface area (Å²) in [5, 5.41) is 6.93. The van der Waals surface area contributed by atoms with E-state index in [1.165, 1.54) is 11.1 Å². The molecule has 0 aliphatic carbocycles. The van der Waals surface area contributed by atoms with Crippen LogP contribution in [-0.2, 0) is 11.3 Å². The molecule has 24 heavy (non-hydrogen) atoms. The lowest BCUT2D eigenvalue weighted by molar-refractivity contribution is 0.0782. The number of aliphatic imine (C=N–C) groups is 1. The Bertz CT molecular complexity index is 522. The second-order valence-corrected chi connectivity index (χ2v) is 8.00. The summed E-state index contributed by atoms with van der Waals surface area (Å²) in [5.41, 5.74) is 2.53. The van der Waals surface area contributed by atoms with Crippen molar-refractivity contribution in [3.8, 4) is 0 Å². The van der Waals surface area contributed by atoms with Crippen molar-refractivity contribution in [3.63, 3.8) is 0 Å². The summed E-state index contributed by atoms with van der Waals surface area (Å²) in [5.74, 6) is 2.04. The zero-order valence-corrected chi connectivity index (χ0v) is 16.0. The summed E-state index contributed by atoms with van der Waals surface area (Å²) in [4.78, 5) is 4.75. The van der Waals surface area contributed by atoms with Crippen LogP contribution in [0.25, 0.3) is 0 Å². The highest BCUT2D eigenvalue weighted by molar-refractivity contribution is 8.00. The maximum absolute atomic E-state index is 5.55. The van der Waals surface area contributed by atoms with Gasteiger partial charge in [-0.3, -0.25) is 0 Å². The minimum absolute atomic E-state index is 0.270. The Labute approximate surface area is 150 Å². The van der Waals surface area contributed by atoms with Gasteiger partial charge in [-0.05, 0) is 38.0 Å². The normalized spacial score (nSPS) is 17.5. The van der Waals surface area contributed by atoms with Crippen molar-refractivity contribution in [1.82, 2.24) is 10.6 Å². The Kier molecular flexibility index (Phi) is 7.92.